The van der Waals surface area contributed by atoms with Gasteiger partial charge in [0.2, 0.25) is 5.88 Å². The minimum Gasteiger partial charge on any atom is -0.493 e. The molecule has 1 fully saturated rings. The number of fused-ring (bicyclic) bond motifs is 1. The standard InChI is InChI=1S/C20H18ClN3O4/c1-26-17-8-13-14(21)9-15(23-16(13)10-18(17)27-2)12-4-5-19(22-11-12)28-20(25)24-6-3-7-24/h4-5,8-11H,3,6-7H2,1-2H3. The summed E-state index contributed by atoms with van der Waals surface area (Å²) in [7, 11) is 3.14. The fraction of sp³-hybridized carbons (Fsp3) is 0.250. The number of carbonyl (C=O) groups is 1. The lowest BCUT2D eigenvalue weighted by Crippen LogP contribution is -2.43. The van der Waals surface area contributed by atoms with Crippen LogP contribution in [-0.2, 0) is 0 Å². The number of methoxy groups -OCH3 is 2. The number of amides is 1. The van der Waals surface area contributed by atoms with E-state index in [0.717, 1.165) is 30.5 Å². The van der Waals surface area contributed by atoms with Crippen LogP contribution in [0.1, 0.15) is 6.42 Å². The van der Waals surface area contributed by atoms with Gasteiger partial charge in [-0.1, -0.05) is 11.6 Å². The summed E-state index contributed by atoms with van der Waals surface area (Å²) in [5.74, 6) is 1.41. The number of halogens is 1. The summed E-state index contributed by atoms with van der Waals surface area (Å²) >= 11 is 6.46. The van der Waals surface area contributed by atoms with Gasteiger partial charge in [0.25, 0.3) is 0 Å². The highest BCUT2D eigenvalue weighted by Crippen LogP contribution is 2.36. The number of pyridine rings is 2. The predicted octanol–water partition coefficient (Wildman–Crippen LogP) is 4.17. The lowest BCUT2D eigenvalue weighted by atomic mass is 10.1. The second-order valence-corrected chi connectivity index (χ2v) is 6.71. The zero-order valence-corrected chi connectivity index (χ0v) is 16.2. The molecule has 1 saturated heterocycles. The molecule has 1 aliphatic heterocycles. The molecule has 7 nitrogen and oxygen atoms in total. The Morgan fingerprint density at radius 1 is 1.11 bits per heavy atom. The van der Waals surface area contributed by atoms with Gasteiger partial charge in [0.15, 0.2) is 11.5 Å². The van der Waals surface area contributed by atoms with Crippen molar-refractivity contribution in [2.45, 2.75) is 6.42 Å². The molecular weight excluding hydrogens is 382 g/mol. The SMILES string of the molecule is COc1cc2nc(-c3ccc(OC(=O)N4CCC4)nc3)cc(Cl)c2cc1OC. The lowest BCUT2D eigenvalue weighted by molar-refractivity contribution is 0.123. The van der Waals surface area contributed by atoms with Crippen molar-refractivity contribution in [2.75, 3.05) is 27.3 Å². The van der Waals surface area contributed by atoms with Crippen molar-refractivity contribution in [2.24, 2.45) is 0 Å². The first-order valence-corrected chi connectivity index (χ1v) is 9.12. The molecule has 8 heteroatoms. The smallest absolute Gasteiger partial charge is 0.416 e. The Bertz CT molecular complexity index is 1040. The number of aromatic nitrogens is 2. The van der Waals surface area contributed by atoms with E-state index in [1.807, 2.05) is 0 Å². The van der Waals surface area contributed by atoms with Crippen molar-refractivity contribution >= 4 is 28.6 Å². The van der Waals surface area contributed by atoms with Crippen LogP contribution >= 0.6 is 11.6 Å². The number of benzene rings is 1. The van der Waals surface area contributed by atoms with Crippen LogP contribution in [0.25, 0.3) is 22.2 Å². The predicted molar refractivity (Wildman–Crippen MR) is 105 cm³/mol. The van der Waals surface area contributed by atoms with Crippen LogP contribution in [0.5, 0.6) is 17.4 Å². The van der Waals surface area contributed by atoms with Crippen LogP contribution in [0.15, 0.2) is 36.5 Å². The summed E-state index contributed by atoms with van der Waals surface area (Å²) in [5, 5.41) is 1.30. The highest BCUT2D eigenvalue weighted by molar-refractivity contribution is 6.35. The summed E-state index contributed by atoms with van der Waals surface area (Å²) in [6.07, 6.45) is 2.23. The first-order chi connectivity index (χ1) is 13.6. The molecule has 0 unspecified atom stereocenters. The van der Waals surface area contributed by atoms with E-state index < -0.39 is 0 Å². The Kier molecular flexibility index (Phi) is 4.92. The van der Waals surface area contributed by atoms with Gasteiger partial charge in [0.05, 0.1) is 30.5 Å². The number of nitrogens with zero attached hydrogens (tertiary/aromatic N) is 3. The van der Waals surface area contributed by atoms with Crippen molar-refractivity contribution in [3.05, 3.63) is 41.6 Å². The molecular formula is C20H18ClN3O4. The number of likely N-dealkylation sites (tertiary alicyclic amines) is 1. The summed E-state index contributed by atoms with van der Waals surface area (Å²) < 4.78 is 15.9. The van der Waals surface area contributed by atoms with Crippen molar-refractivity contribution in [1.29, 1.82) is 0 Å². The van der Waals surface area contributed by atoms with Crippen molar-refractivity contribution < 1.29 is 19.0 Å². The average molecular weight is 400 g/mol. The number of ether oxygens (including phenoxy) is 3. The molecule has 3 heterocycles. The number of hydrogen-bond acceptors (Lipinski definition) is 6. The molecule has 1 amide bonds. The van der Waals surface area contributed by atoms with Crippen LogP contribution in [0.3, 0.4) is 0 Å². The number of carbonyl (C=O) groups excluding carboxylic acids is 1. The monoisotopic (exact) mass is 399 g/mol. The van der Waals surface area contributed by atoms with Crippen molar-refractivity contribution in [3.63, 3.8) is 0 Å². The summed E-state index contributed by atoms with van der Waals surface area (Å²) in [6, 6.07) is 8.76. The third-order valence-corrected chi connectivity index (χ3v) is 4.91. The molecule has 144 valence electrons. The maximum Gasteiger partial charge on any atom is 0.416 e. The highest BCUT2D eigenvalue weighted by atomic mass is 35.5. The second kappa shape index (κ2) is 7.52. The maximum atomic E-state index is 11.9. The summed E-state index contributed by atoms with van der Waals surface area (Å²) in [4.78, 5) is 22.4. The molecule has 0 aliphatic carbocycles. The van der Waals surface area contributed by atoms with E-state index in [-0.39, 0.29) is 12.0 Å². The Labute approximate surface area is 166 Å². The van der Waals surface area contributed by atoms with E-state index in [0.29, 0.717) is 27.7 Å². The Hall–Kier alpha value is -3.06. The van der Waals surface area contributed by atoms with E-state index in [2.05, 4.69) is 9.97 Å². The third-order valence-electron chi connectivity index (χ3n) is 4.60. The van der Waals surface area contributed by atoms with E-state index in [9.17, 15) is 4.79 Å². The molecule has 0 N–H and O–H groups in total. The van der Waals surface area contributed by atoms with Crippen LogP contribution in [-0.4, -0.2) is 48.3 Å². The van der Waals surface area contributed by atoms with Crippen LogP contribution in [0.4, 0.5) is 4.79 Å². The van der Waals surface area contributed by atoms with Gasteiger partial charge in [-0.25, -0.2) is 14.8 Å². The van der Waals surface area contributed by atoms with Crippen molar-refractivity contribution in [1.82, 2.24) is 14.9 Å². The second-order valence-electron chi connectivity index (χ2n) is 6.31. The van der Waals surface area contributed by atoms with Gasteiger partial charge in [-0.05, 0) is 24.6 Å². The van der Waals surface area contributed by atoms with Gasteiger partial charge >= 0.3 is 6.09 Å². The van der Waals surface area contributed by atoms with E-state index >= 15 is 0 Å². The first kappa shape index (κ1) is 18.3. The van der Waals surface area contributed by atoms with E-state index in [1.165, 1.54) is 0 Å². The molecule has 0 atom stereocenters. The topological polar surface area (TPSA) is 73.8 Å². The molecule has 0 bridgehead atoms. The fourth-order valence-corrected chi connectivity index (χ4v) is 3.16. The zero-order valence-electron chi connectivity index (χ0n) is 15.4. The van der Waals surface area contributed by atoms with Gasteiger partial charge in [0, 0.05) is 42.4 Å². The van der Waals surface area contributed by atoms with Gasteiger partial charge in [-0.2, -0.15) is 0 Å². The molecule has 0 radical (unpaired) electrons. The molecule has 2 aromatic heterocycles. The number of hydrogen-bond donors (Lipinski definition) is 0. The van der Waals surface area contributed by atoms with E-state index in [1.54, 1.807) is 55.6 Å². The van der Waals surface area contributed by atoms with Gasteiger partial charge < -0.3 is 19.1 Å². The zero-order chi connectivity index (χ0) is 19.7. The molecule has 28 heavy (non-hydrogen) atoms. The Morgan fingerprint density at radius 3 is 2.46 bits per heavy atom. The molecule has 4 rings (SSSR count). The minimum atomic E-state index is -0.376. The van der Waals surface area contributed by atoms with Crippen LogP contribution in [0, 0.1) is 0 Å². The quantitative estimate of drug-likeness (QED) is 0.655. The van der Waals surface area contributed by atoms with Gasteiger partial charge in [-0.3, -0.25) is 0 Å². The summed E-state index contributed by atoms with van der Waals surface area (Å²) in [6.45, 7) is 1.45. The van der Waals surface area contributed by atoms with Gasteiger partial charge in [0.1, 0.15) is 0 Å². The fourth-order valence-electron chi connectivity index (χ4n) is 2.90. The highest BCUT2D eigenvalue weighted by Gasteiger charge is 2.22. The number of rotatable bonds is 4. The Balaban J connectivity index is 1.63. The minimum absolute atomic E-state index is 0.249. The molecule has 3 aromatic rings. The van der Waals surface area contributed by atoms with Crippen molar-refractivity contribution in [3.8, 4) is 28.6 Å². The molecule has 0 spiro atoms. The lowest BCUT2D eigenvalue weighted by Gasteiger charge is -2.29. The largest absolute Gasteiger partial charge is 0.493 e. The van der Waals surface area contributed by atoms with Crippen LogP contribution < -0.4 is 14.2 Å². The normalized spacial score (nSPS) is 13.2. The molecule has 0 saturated carbocycles. The third kappa shape index (κ3) is 3.41. The Morgan fingerprint density at radius 2 is 1.86 bits per heavy atom. The van der Waals surface area contributed by atoms with Gasteiger partial charge in [-0.15, -0.1) is 0 Å². The van der Waals surface area contributed by atoms with Crippen LogP contribution in [0.2, 0.25) is 5.02 Å². The first-order valence-electron chi connectivity index (χ1n) is 8.74. The molecule has 1 aliphatic rings. The van der Waals surface area contributed by atoms with E-state index in [4.69, 9.17) is 25.8 Å². The maximum absolute atomic E-state index is 11.9. The molecule has 1 aromatic carbocycles. The average Bonchev–Trinajstić information content (AvgIpc) is 2.66. The summed E-state index contributed by atoms with van der Waals surface area (Å²) in [5.41, 5.74) is 2.08.